The number of aromatic nitrogens is 2. The Labute approximate surface area is 114 Å². The van der Waals surface area contributed by atoms with Gasteiger partial charge in [0.05, 0.1) is 0 Å². The smallest absolute Gasteiger partial charge is 0.410 e. The number of hydrogen-bond donors (Lipinski definition) is 1. The van der Waals surface area contributed by atoms with Gasteiger partial charge in [0.2, 0.25) is 0 Å². The van der Waals surface area contributed by atoms with Crippen LogP contribution in [0.4, 0.5) is 4.79 Å². The van der Waals surface area contributed by atoms with Crippen LogP contribution in [0.15, 0.2) is 12.4 Å². The van der Waals surface area contributed by atoms with E-state index in [4.69, 9.17) is 4.74 Å². The standard InChI is InChI=1S/C14H23N3O2/c1-14(2,3)19-13(18)17-8-4-11(5-9-17)10-12-15-6-7-16-12/h6-7,11H,4-5,8-10H2,1-3H3,(H,15,16). The fourth-order valence-corrected chi connectivity index (χ4v) is 2.33. The van der Waals surface area contributed by atoms with Gasteiger partial charge in [-0.15, -0.1) is 0 Å². The van der Waals surface area contributed by atoms with E-state index >= 15 is 0 Å². The van der Waals surface area contributed by atoms with E-state index < -0.39 is 5.60 Å². The molecule has 0 unspecified atom stereocenters. The number of rotatable bonds is 2. The zero-order valence-corrected chi connectivity index (χ0v) is 12.0. The first-order valence-corrected chi connectivity index (χ1v) is 6.90. The number of nitrogens with zero attached hydrogens (tertiary/aromatic N) is 2. The van der Waals surface area contributed by atoms with E-state index in [1.54, 1.807) is 6.20 Å². The number of H-pyrrole nitrogens is 1. The minimum atomic E-state index is -0.415. The monoisotopic (exact) mass is 265 g/mol. The van der Waals surface area contributed by atoms with E-state index in [1.165, 1.54) is 0 Å². The molecule has 0 radical (unpaired) electrons. The normalized spacial score (nSPS) is 17.5. The van der Waals surface area contributed by atoms with Gasteiger partial charge in [0.15, 0.2) is 0 Å². The van der Waals surface area contributed by atoms with Crippen molar-refractivity contribution in [3.05, 3.63) is 18.2 Å². The van der Waals surface area contributed by atoms with E-state index in [1.807, 2.05) is 31.9 Å². The van der Waals surface area contributed by atoms with Gasteiger partial charge in [-0.1, -0.05) is 0 Å². The number of nitrogens with one attached hydrogen (secondary N) is 1. The average molecular weight is 265 g/mol. The summed E-state index contributed by atoms with van der Waals surface area (Å²) >= 11 is 0. The summed E-state index contributed by atoms with van der Waals surface area (Å²) in [6.07, 6.45) is 6.44. The average Bonchev–Trinajstić information content (AvgIpc) is 2.80. The molecule has 5 heteroatoms. The summed E-state index contributed by atoms with van der Waals surface area (Å²) in [6, 6.07) is 0. The third kappa shape index (κ3) is 4.26. The Morgan fingerprint density at radius 3 is 2.68 bits per heavy atom. The van der Waals surface area contributed by atoms with Crippen molar-refractivity contribution in [1.29, 1.82) is 0 Å². The van der Waals surface area contributed by atoms with E-state index in [0.717, 1.165) is 38.2 Å². The Kier molecular flexibility index (Phi) is 4.12. The number of piperidine rings is 1. The van der Waals surface area contributed by atoms with Gasteiger partial charge in [-0.2, -0.15) is 0 Å². The van der Waals surface area contributed by atoms with Gasteiger partial charge in [0.1, 0.15) is 11.4 Å². The molecule has 5 nitrogen and oxygen atoms in total. The van der Waals surface area contributed by atoms with Crippen LogP contribution in [0.2, 0.25) is 0 Å². The molecule has 1 aromatic heterocycles. The van der Waals surface area contributed by atoms with Gasteiger partial charge in [-0.05, 0) is 39.5 Å². The zero-order chi connectivity index (χ0) is 13.9. The van der Waals surface area contributed by atoms with Gasteiger partial charge >= 0.3 is 6.09 Å². The topological polar surface area (TPSA) is 58.2 Å². The Hall–Kier alpha value is -1.52. The highest BCUT2D eigenvalue weighted by molar-refractivity contribution is 5.68. The van der Waals surface area contributed by atoms with Crippen LogP contribution in [0.5, 0.6) is 0 Å². The second-order valence-electron chi connectivity index (χ2n) is 6.15. The zero-order valence-electron chi connectivity index (χ0n) is 12.0. The molecule has 1 aliphatic rings. The van der Waals surface area contributed by atoms with Crippen molar-refractivity contribution >= 4 is 6.09 Å². The number of carbonyl (C=O) groups excluding carboxylic acids is 1. The summed E-state index contributed by atoms with van der Waals surface area (Å²) < 4.78 is 5.39. The summed E-state index contributed by atoms with van der Waals surface area (Å²) in [5, 5.41) is 0. The first-order valence-electron chi connectivity index (χ1n) is 6.90. The van der Waals surface area contributed by atoms with Crippen LogP contribution in [-0.2, 0) is 11.2 Å². The fourth-order valence-electron chi connectivity index (χ4n) is 2.33. The number of amides is 1. The lowest BCUT2D eigenvalue weighted by Gasteiger charge is -2.33. The van der Waals surface area contributed by atoms with Crippen molar-refractivity contribution in [3.63, 3.8) is 0 Å². The second-order valence-corrected chi connectivity index (χ2v) is 6.15. The van der Waals surface area contributed by atoms with Crippen LogP contribution in [-0.4, -0.2) is 39.7 Å². The molecule has 1 amide bonds. The molecule has 19 heavy (non-hydrogen) atoms. The molecule has 1 aromatic rings. The van der Waals surface area contributed by atoms with Crippen molar-refractivity contribution in [2.24, 2.45) is 5.92 Å². The maximum Gasteiger partial charge on any atom is 0.410 e. The fraction of sp³-hybridized carbons (Fsp3) is 0.714. The molecule has 0 atom stereocenters. The van der Waals surface area contributed by atoms with Gasteiger partial charge in [-0.25, -0.2) is 9.78 Å². The number of ether oxygens (including phenoxy) is 1. The minimum absolute atomic E-state index is 0.191. The number of likely N-dealkylation sites (tertiary alicyclic amines) is 1. The van der Waals surface area contributed by atoms with E-state index in [-0.39, 0.29) is 6.09 Å². The van der Waals surface area contributed by atoms with Gasteiger partial charge < -0.3 is 14.6 Å². The summed E-state index contributed by atoms with van der Waals surface area (Å²) in [4.78, 5) is 21.1. The predicted octanol–water partition coefficient (Wildman–Crippen LogP) is 2.60. The number of imidazole rings is 1. The molecule has 1 saturated heterocycles. The lowest BCUT2D eigenvalue weighted by atomic mass is 9.93. The molecular weight excluding hydrogens is 242 g/mol. The molecule has 1 fully saturated rings. The Morgan fingerprint density at radius 1 is 1.47 bits per heavy atom. The van der Waals surface area contributed by atoms with Crippen molar-refractivity contribution < 1.29 is 9.53 Å². The summed E-state index contributed by atoms with van der Waals surface area (Å²) in [5.74, 6) is 1.64. The third-order valence-corrected chi connectivity index (χ3v) is 3.30. The molecule has 0 bridgehead atoms. The maximum absolute atomic E-state index is 11.9. The Morgan fingerprint density at radius 2 is 2.16 bits per heavy atom. The third-order valence-electron chi connectivity index (χ3n) is 3.30. The van der Waals surface area contributed by atoms with E-state index in [2.05, 4.69) is 9.97 Å². The first kappa shape index (κ1) is 13.9. The van der Waals surface area contributed by atoms with Crippen molar-refractivity contribution in [2.75, 3.05) is 13.1 Å². The van der Waals surface area contributed by atoms with Crippen molar-refractivity contribution in [1.82, 2.24) is 14.9 Å². The predicted molar refractivity (Wildman–Crippen MR) is 72.8 cm³/mol. The van der Waals surface area contributed by atoms with Crippen LogP contribution in [0.3, 0.4) is 0 Å². The number of carbonyl (C=O) groups is 1. The molecule has 106 valence electrons. The molecule has 2 rings (SSSR count). The summed E-state index contributed by atoms with van der Waals surface area (Å²) in [7, 11) is 0. The summed E-state index contributed by atoms with van der Waals surface area (Å²) in [5.41, 5.74) is -0.415. The first-order chi connectivity index (χ1) is 8.94. The molecule has 0 spiro atoms. The number of hydrogen-bond acceptors (Lipinski definition) is 3. The molecular formula is C14H23N3O2. The van der Waals surface area contributed by atoms with Crippen molar-refractivity contribution in [3.8, 4) is 0 Å². The van der Waals surface area contributed by atoms with Gasteiger partial charge in [0.25, 0.3) is 0 Å². The van der Waals surface area contributed by atoms with Gasteiger partial charge in [0, 0.05) is 31.9 Å². The van der Waals surface area contributed by atoms with Crippen molar-refractivity contribution in [2.45, 2.75) is 45.6 Å². The van der Waals surface area contributed by atoms with Crippen LogP contribution in [0.1, 0.15) is 39.4 Å². The molecule has 0 aromatic carbocycles. The van der Waals surface area contributed by atoms with Crippen LogP contribution < -0.4 is 0 Å². The van der Waals surface area contributed by atoms with Gasteiger partial charge in [-0.3, -0.25) is 0 Å². The highest BCUT2D eigenvalue weighted by atomic mass is 16.6. The molecule has 1 N–H and O–H groups in total. The van der Waals surface area contributed by atoms with Crippen LogP contribution >= 0.6 is 0 Å². The maximum atomic E-state index is 11.9. The van der Waals surface area contributed by atoms with E-state index in [0.29, 0.717) is 5.92 Å². The SMILES string of the molecule is CC(C)(C)OC(=O)N1CCC(Cc2ncc[nH]2)CC1. The Bertz CT molecular complexity index is 401. The second kappa shape index (κ2) is 5.63. The lowest BCUT2D eigenvalue weighted by molar-refractivity contribution is 0.0184. The molecule has 2 heterocycles. The van der Waals surface area contributed by atoms with Crippen LogP contribution in [0.25, 0.3) is 0 Å². The largest absolute Gasteiger partial charge is 0.444 e. The van der Waals surface area contributed by atoms with E-state index in [9.17, 15) is 4.79 Å². The minimum Gasteiger partial charge on any atom is -0.444 e. The lowest BCUT2D eigenvalue weighted by Crippen LogP contribution is -2.42. The molecule has 0 saturated carbocycles. The number of aromatic amines is 1. The molecule has 0 aliphatic carbocycles. The Balaban J connectivity index is 1.77. The van der Waals surface area contributed by atoms with Crippen LogP contribution in [0, 0.1) is 5.92 Å². The summed E-state index contributed by atoms with van der Waals surface area (Å²) in [6.45, 7) is 7.25. The highest BCUT2D eigenvalue weighted by Crippen LogP contribution is 2.22. The quantitative estimate of drug-likeness (QED) is 0.894. The highest BCUT2D eigenvalue weighted by Gasteiger charge is 2.27. The molecule has 1 aliphatic heterocycles.